The Kier molecular flexibility index (Phi) is 25.2. The monoisotopic (exact) mass is 540 g/mol. The highest BCUT2D eigenvalue weighted by atomic mass is 16.7. The minimum atomic E-state index is -0.750. The van der Waals surface area contributed by atoms with Gasteiger partial charge in [0.05, 0.1) is 21.7 Å². The molecule has 0 unspecified atom stereocenters. The Morgan fingerprint density at radius 3 is 0.838 bits per heavy atom. The van der Waals surface area contributed by atoms with Crippen LogP contribution in [-0.2, 0) is 28.7 Å². The van der Waals surface area contributed by atoms with E-state index in [4.69, 9.17) is 29.9 Å². The van der Waals surface area contributed by atoms with E-state index in [9.17, 15) is 19.2 Å². The second-order valence-corrected chi connectivity index (χ2v) is 10.7. The van der Waals surface area contributed by atoms with Crippen molar-refractivity contribution in [2.45, 2.75) is 116 Å². The van der Waals surface area contributed by atoms with E-state index in [-0.39, 0.29) is 26.2 Å². The molecule has 224 valence electrons. The van der Waals surface area contributed by atoms with Crippen LogP contribution in [0.2, 0.25) is 0 Å². The van der Waals surface area contributed by atoms with Crippen LogP contribution in [0.3, 0.4) is 0 Å². The number of carbonyl (C=O) groups is 4. The Balaban J connectivity index is -0.000000143. The van der Waals surface area contributed by atoms with Gasteiger partial charge in [0.1, 0.15) is 6.79 Å². The first-order valence-corrected chi connectivity index (χ1v) is 12.1. The molecule has 0 aromatic heterocycles. The quantitative estimate of drug-likeness (QED) is 0.206. The van der Waals surface area contributed by atoms with Gasteiger partial charge in [0.15, 0.2) is 0 Å². The predicted octanol–water partition coefficient (Wildman–Crippen LogP) is 5.48. The van der Waals surface area contributed by atoms with Crippen LogP contribution in [0.1, 0.15) is 116 Å². The lowest BCUT2D eigenvalue weighted by molar-refractivity contribution is -0.179. The highest BCUT2D eigenvalue weighted by molar-refractivity contribution is 5.77. The molecule has 0 rings (SSSR count). The summed E-state index contributed by atoms with van der Waals surface area (Å²) in [5, 5.41) is 31.1. The molecule has 10 heteroatoms. The van der Waals surface area contributed by atoms with Crippen LogP contribution in [0, 0.1) is 21.7 Å². The first kappa shape index (κ1) is 44.8. The molecule has 0 radical (unpaired) electrons. The molecule has 0 aromatic carbocycles. The summed E-state index contributed by atoms with van der Waals surface area (Å²) in [7, 11) is 0. The Hall–Kier alpha value is -2.20. The Bertz CT molecular complexity index is 596. The maximum Gasteiger partial charge on any atom is 0.314 e. The highest BCUT2D eigenvalue weighted by Gasteiger charge is 2.30. The van der Waals surface area contributed by atoms with Gasteiger partial charge in [-0.1, -0.05) is 35.1 Å². The fraction of sp³-hybridized carbons (Fsp3) is 0.852. The van der Waals surface area contributed by atoms with Gasteiger partial charge in [-0.25, -0.2) is 0 Å². The first-order chi connectivity index (χ1) is 16.1. The maximum atomic E-state index is 11.6. The van der Waals surface area contributed by atoms with Crippen LogP contribution in [-0.4, -0.2) is 57.9 Å². The van der Waals surface area contributed by atoms with Crippen molar-refractivity contribution in [1.29, 1.82) is 0 Å². The molecular weight excluding hydrogens is 484 g/mol. The third-order valence-corrected chi connectivity index (χ3v) is 6.18. The van der Waals surface area contributed by atoms with Crippen LogP contribution < -0.4 is 0 Å². The normalized spacial score (nSPS) is 11.0. The van der Waals surface area contributed by atoms with Gasteiger partial charge in [-0.3, -0.25) is 19.2 Å². The van der Waals surface area contributed by atoms with E-state index >= 15 is 0 Å². The summed E-state index contributed by atoms with van der Waals surface area (Å²) in [6.07, 6.45) is 2.73. The largest absolute Gasteiger partial charge is 0.481 e. The second kappa shape index (κ2) is 20.8. The molecule has 0 aliphatic rings. The molecule has 0 aliphatic heterocycles. The van der Waals surface area contributed by atoms with Gasteiger partial charge in [-0.05, 0) is 81.1 Å². The van der Waals surface area contributed by atoms with Crippen molar-refractivity contribution < 1.29 is 49.1 Å². The first-order valence-electron chi connectivity index (χ1n) is 12.1. The molecule has 0 spiro atoms. The number of ether oxygens (including phenoxy) is 2. The number of esters is 2. The van der Waals surface area contributed by atoms with Crippen LogP contribution in [0.5, 0.6) is 0 Å². The summed E-state index contributed by atoms with van der Waals surface area (Å²) < 4.78 is 9.85. The predicted molar refractivity (Wildman–Crippen MR) is 145 cm³/mol. The fourth-order valence-electron chi connectivity index (χ4n) is 1.12. The number of aliphatic hydroxyl groups is 2. The summed E-state index contributed by atoms with van der Waals surface area (Å²) in [5.74, 6) is -2.13. The Morgan fingerprint density at radius 2 is 0.730 bits per heavy atom. The Labute approximate surface area is 224 Å². The smallest absolute Gasteiger partial charge is 0.314 e. The van der Waals surface area contributed by atoms with Crippen LogP contribution in [0.4, 0.5) is 0 Å². The van der Waals surface area contributed by atoms with Gasteiger partial charge < -0.3 is 29.9 Å². The lowest BCUT2D eigenvalue weighted by Crippen LogP contribution is -2.30. The summed E-state index contributed by atoms with van der Waals surface area (Å²) >= 11 is 0. The van der Waals surface area contributed by atoms with E-state index in [1.807, 2.05) is 27.7 Å². The molecule has 0 atom stereocenters. The van der Waals surface area contributed by atoms with Gasteiger partial charge in [0, 0.05) is 0 Å². The molecule has 0 bridgehead atoms. The minimum absolute atomic E-state index is 0. The maximum absolute atomic E-state index is 11.6. The third-order valence-electron chi connectivity index (χ3n) is 6.18. The number of aliphatic carboxylic acids is 2. The highest BCUT2D eigenvalue weighted by Crippen LogP contribution is 2.23. The average Bonchev–Trinajstić information content (AvgIpc) is 2.79. The molecular formula is C27H56O10. The zero-order chi connectivity index (χ0) is 30.0. The number of carboxylic acid groups (broad SMARTS) is 2. The van der Waals surface area contributed by atoms with E-state index in [1.165, 1.54) is 0 Å². The van der Waals surface area contributed by atoms with E-state index < -0.39 is 40.4 Å². The molecule has 0 saturated heterocycles. The number of aliphatic hydroxyl groups excluding tert-OH is 1. The van der Waals surface area contributed by atoms with E-state index in [0.717, 1.165) is 0 Å². The van der Waals surface area contributed by atoms with Crippen molar-refractivity contribution in [2.24, 2.45) is 21.7 Å². The lowest BCUT2D eigenvalue weighted by Gasteiger charge is -2.22. The molecule has 0 heterocycles. The molecule has 0 saturated carbocycles. The van der Waals surface area contributed by atoms with Crippen LogP contribution in [0.15, 0.2) is 0 Å². The molecule has 0 amide bonds. The van der Waals surface area contributed by atoms with Crippen molar-refractivity contribution in [1.82, 2.24) is 0 Å². The number of carboxylic acids is 2. The molecule has 0 aromatic rings. The van der Waals surface area contributed by atoms with E-state index in [2.05, 4.69) is 0 Å². The standard InChI is InChI=1S/C13H24O4.2C6H12O2.CH4O2.CH4/c1-7-12(3,4)10(14)16-9-17-11(15)13(5,6)8-2;2*1-4-6(2,3)5(7)8;2-1-3;/h7-9H2,1-6H3;2*4H2,1-3H3,(H,7,8);2-3H,1H2;1H4. The summed E-state index contributed by atoms with van der Waals surface area (Å²) in [6.45, 7) is 20.6. The van der Waals surface area contributed by atoms with Crippen LogP contribution >= 0.6 is 0 Å². The van der Waals surface area contributed by atoms with Gasteiger partial charge in [-0.15, -0.1) is 0 Å². The number of hydrogen-bond donors (Lipinski definition) is 4. The Morgan fingerprint density at radius 1 is 0.541 bits per heavy atom. The zero-order valence-electron chi connectivity index (χ0n) is 24.5. The molecule has 0 aliphatic carbocycles. The van der Waals surface area contributed by atoms with Crippen molar-refractivity contribution >= 4 is 23.9 Å². The van der Waals surface area contributed by atoms with Crippen molar-refractivity contribution in [2.75, 3.05) is 13.6 Å². The lowest BCUT2D eigenvalue weighted by atomic mass is 9.91. The minimum Gasteiger partial charge on any atom is -0.481 e. The van der Waals surface area contributed by atoms with E-state index in [0.29, 0.717) is 25.7 Å². The molecule has 10 nitrogen and oxygen atoms in total. The van der Waals surface area contributed by atoms with E-state index in [1.54, 1.807) is 55.4 Å². The molecule has 4 N–H and O–H groups in total. The van der Waals surface area contributed by atoms with Crippen molar-refractivity contribution in [3.63, 3.8) is 0 Å². The summed E-state index contributed by atoms with van der Waals surface area (Å²) in [5.41, 5.74) is -2.15. The van der Waals surface area contributed by atoms with Gasteiger partial charge >= 0.3 is 23.9 Å². The molecule has 37 heavy (non-hydrogen) atoms. The van der Waals surface area contributed by atoms with Gasteiger partial charge in [0.25, 0.3) is 0 Å². The van der Waals surface area contributed by atoms with Crippen molar-refractivity contribution in [3.8, 4) is 0 Å². The number of carbonyl (C=O) groups excluding carboxylic acids is 2. The fourth-order valence-corrected chi connectivity index (χ4v) is 1.12. The summed E-state index contributed by atoms with van der Waals surface area (Å²) in [4.78, 5) is 43.7. The second-order valence-electron chi connectivity index (χ2n) is 10.7. The number of hydrogen-bond acceptors (Lipinski definition) is 8. The zero-order valence-corrected chi connectivity index (χ0v) is 24.5. The molecule has 0 fully saturated rings. The van der Waals surface area contributed by atoms with Gasteiger partial charge in [0.2, 0.25) is 6.79 Å². The topological polar surface area (TPSA) is 168 Å². The van der Waals surface area contributed by atoms with Gasteiger partial charge in [-0.2, -0.15) is 0 Å². The summed E-state index contributed by atoms with van der Waals surface area (Å²) in [6, 6.07) is 0. The van der Waals surface area contributed by atoms with Crippen molar-refractivity contribution in [3.05, 3.63) is 0 Å². The SMILES string of the molecule is C.CCC(C)(C)C(=O)O.CCC(C)(C)C(=O)O.CCC(C)(C)C(=O)OCOC(=O)C(C)(C)CC.OCO. The average molecular weight is 541 g/mol. The number of rotatable bonds is 10. The van der Waals surface area contributed by atoms with Crippen LogP contribution in [0.25, 0.3) is 0 Å². The third kappa shape index (κ3) is 21.6.